The summed E-state index contributed by atoms with van der Waals surface area (Å²) in [6, 6.07) is 25.0. The van der Waals surface area contributed by atoms with Crippen LogP contribution in [0.25, 0.3) is 0 Å². The third kappa shape index (κ3) is 6.06. The average Bonchev–Trinajstić information content (AvgIpc) is 3.51. The topological polar surface area (TPSA) is 58.6 Å². The molecule has 2 aliphatic rings. The van der Waals surface area contributed by atoms with Gasteiger partial charge in [0.1, 0.15) is 6.10 Å². The first-order chi connectivity index (χ1) is 20.5. The summed E-state index contributed by atoms with van der Waals surface area (Å²) in [4.78, 5) is 27.8. The van der Waals surface area contributed by atoms with Gasteiger partial charge in [-0.05, 0) is 79.0 Å². The highest BCUT2D eigenvalue weighted by atomic mass is 35.5. The standard InChI is InChI=1S/C35H37ClN4O2/c1-24-8-3-4-9-25(24)15-18-31-30(34(41)39(2)23-33-29-11-6-5-10-26(29)19-21-42-33)22-37-35(38-31)40-20-7-12-32(40)27-13-16-28(36)17-14-27/h3-6,8-11,13-14,16-17,22,32-33H,7,12,15,18-21,23H2,1-2H3/t32-,33+/m0/s1. The van der Waals surface area contributed by atoms with Crippen molar-refractivity contribution in [1.29, 1.82) is 0 Å². The van der Waals surface area contributed by atoms with Crippen LogP contribution in [0.4, 0.5) is 5.95 Å². The van der Waals surface area contributed by atoms with Crippen molar-refractivity contribution < 1.29 is 9.53 Å². The molecule has 42 heavy (non-hydrogen) atoms. The van der Waals surface area contributed by atoms with Crippen LogP contribution in [0.15, 0.2) is 79.0 Å². The Kier molecular flexibility index (Phi) is 8.54. The van der Waals surface area contributed by atoms with E-state index in [1.807, 2.05) is 25.2 Å². The summed E-state index contributed by atoms with van der Waals surface area (Å²) in [5.74, 6) is 0.597. The Bertz CT molecular complexity index is 1560. The molecule has 0 aliphatic carbocycles. The Balaban J connectivity index is 1.28. The van der Waals surface area contributed by atoms with E-state index in [0.717, 1.165) is 48.5 Å². The Labute approximate surface area is 253 Å². The van der Waals surface area contributed by atoms with Crippen LogP contribution in [-0.2, 0) is 24.0 Å². The number of carbonyl (C=O) groups is 1. The molecule has 3 aromatic carbocycles. The molecule has 6 rings (SSSR count). The number of carbonyl (C=O) groups excluding carboxylic acids is 1. The van der Waals surface area contributed by atoms with E-state index in [1.54, 1.807) is 11.1 Å². The predicted octanol–water partition coefficient (Wildman–Crippen LogP) is 6.95. The normalized spacial score (nSPS) is 18.1. The lowest BCUT2D eigenvalue weighted by atomic mass is 9.97. The quantitative estimate of drug-likeness (QED) is 0.226. The first kappa shape index (κ1) is 28.4. The molecule has 0 N–H and O–H groups in total. The number of hydrogen-bond donors (Lipinski definition) is 0. The van der Waals surface area contributed by atoms with Crippen LogP contribution < -0.4 is 4.90 Å². The molecule has 0 spiro atoms. The highest BCUT2D eigenvalue weighted by Crippen LogP contribution is 2.35. The summed E-state index contributed by atoms with van der Waals surface area (Å²) in [6.45, 7) is 4.13. The van der Waals surface area contributed by atoms with Crippen LogP contribution in [0, 0.1) is 6.92 Å². The maximum Gasteiger partial charge on any atom is 0.257 e. The molecule has 0 bridgehead atoms. The zero-order valence-corrected chi connectivity index (χ0v) is 25.1. The highest BCUT2D eigenvalue weighted by Gasteiger charge is 2.30. The SMILES string of the molecule is Cc1ccccc1CCc1nc(N2CCC[C@H]2c2ccc(Cl)cc2)ncc1C(=O)N(C)C[C@H]1OCCc2ccccc21. The number of rotatable bonds is 8. The molecular weight excluding hydrogens is 544 g/mol. The molecule has 2 aliphatic heterocycles. The minimum Gasteiger partial charge on any atom is -0.371 e. The van der Waals surface area contributed by atoms with Gasteiger partial charge in [0.05, 0.1) is 30.5 Å². The lowest BCUT2D eigenvalue weighted by molar-refractivity contribution is 0.0199. The number of hydrogen-bond acceptors (Lipinski definition) is 5. The molecule has 216 valence electrons. The van der Waals surface area contributed by atoms with Crippen molar-refractivity contribution in [3.63, 3.8) is 0 Å². The molecule has 0 saturated carbocycles. The largest absolute Gasteiger partial charge is 0.371 e. The van der Waals surface area contributed by atoms with Gasteiger partial charge >= 0.3 is 0 Å². The van der Waals surface area contributed by atoms with E-state index in [9.17, 15) is 4.79 Å². The summed E-state index contributed by atoms with van der Waals surface area (Å²) >= 11 is 6.17. The van der Waals surface area contributed by atoms with Crippen LogP contribution in [0.2, 0.25) is 5.02 Å². The van der Waals surface area contributed by atoms with Crippen molar-refractivity contribution in [3.8, 4) is 0 Å². The number of anilines is 1. The fourth-order valence-electron chi connectivity index (χ4n) is 6.26. The van der Waals surface area contributed by atoms with Crippen molar-refractivity contribution in [2.45, 2.75) is 51.2 Å². The number of halogens is 1. The summed E-state index contributed by atoms with van der Waals surface area (Å²) in [5.41, 5.74) is 7.51. The summed E-state index contributed by atoms with van der Waals surface area (Å²) in [7, 11) is 1.85. The van der Waals surface area contributed by atoms with Gasteiger partial charge in [-0.15, -0.1) is 0 Å². The van der Waals surface area contributed by atoms with Crippen LogP contribution in [0.5, 0.6) is 0 Å². The van der Waals surface area contributed by atoms with Crippen molar-refractivity contribution in [1.82, 2.24) is 14.9 Å². The van der Waals surface area contributed by atoms with Crippen molar-refractivity contribution >= 4 is 23.5 Å². The third-order valence-electron chi connectivity index (χ3n) is 8.62. The van der Waals surface area contributed by atoms with Gasteiger partial charge in [-0.2, -0.15) is 0 Å². The van der Waals surface area contributed by atoms with Gasteiger partial charge in [0, 0.05) is 24.8 Å². The summed E-state index contributed by atoms with van der Waals surface area (Å²) in [5, 5.41) is 0.729. The smallest absolute Gasteiger partial charge is 0.257 e. The summed E-state index contributed by atoms with van der Waals surface area (Å²) < 4.78 is 6.12. The van der Waals surface area contributed by atoms with E-state index >= 15 is 0 Å². The fourth-order valence-corrected chi connectivity index (χ4v) is 6.39. The number of aromatic nitrogens is 2. The fraction of sp³-hybridized carbons (Fsp3) is 0.343. The Morgan fingerprint density at radius 1 is 1.05 bits per heavy atom. The van der Waals surface area contributed by atoms with Gasteiger partial charge < -0.3 is 14.5 Å². The second-order valence-electron chi connectivity index (χ2n) is 11.4. The van der Waals surface area contributed by atoms with E-state index in [4.69, 9.17) is 26.3 Å². The first-order valence-electron chi connectivity index (χ1n) is 14.9. The monoisotopic (exact) mass is 580 g/mol. The van der Waals surface area contributed by atoms with Gasteiger partial charge in [-0.3, -0.25) is 4.79 Å². The molecule has 1 aromatic heterocycles. The predicted molar refractivity (Wildman–Crippen MR) is 167 cm³/mol. The Hall–Kier alpha value is -3.74. The zero-order valence-electron chi connectivity index (χ0n) is 24.3. The number of fused-ring (bicyclic) bond motifs is 1. The second-order valence-corrected chi connectivity index (χ2v) is 11.8. The molecule has 3 heterocycles. The lowest BCUT2D eigenvalue weighted by Crippen LogP contribution is -2.35. The van der Waals surface area contributed by atoms with Gasteiger partial charge in [-0.25, -0.2) is 9.97 Å². The number of aryl methyl sites for hydroxylation is 3. The molecule has 1 fully saturated rings. The van der Waals surface area contributed by atoms with Crippen LogP contribution in [0.3, 0.4) is 0 Å². The number of benzene rings is 3. The minimum absolute atomic E-state index is 0.0799. The summed E-state index contributed by atoms with van der Waals surface area (Å²) in [6.07, 6.45) is 6.02. The maximum atomic E-state index is 13.9. The maximum absolute atomic E-state index is 13.9. The van der Waals surface area contributed by atoms with Crippen LogP contribution >= 0.6 is 11.6 Å². The van der Waals surface area contributed by atoms with Gasteiger partial charge in [0.2, 0.25) is 5.95 Å². The number of nitrogens with zero attached hydrogens (tertiary/aromatic N) is 4. The number of amides is 1. The van der Waals surface area contributed by atoms with Gasteiger partial charge in [-0.1, -0.05) is 72.3 Å². The Morgan fingerprint density at radius 3 is 2.67 bits per heavy atom. The molecule has 0 unspecified atom stereocenters. The third-order valence-corrected chi connectivity index (χ3v) is 8.87. The van der Waals surface area contributed by atoms with E-state index in [2.05, 4.69) is 66.4 Å². The van der Waals surface area contributed by atoms with Gasteiger partial charge in [0.15, 0.2) is 0 Å². The minimum atomic E-state index is -0.149. The molecule has 4 aromatic rings. The van der Waals surface area contributed by atoms with E-state index in [1.165, 1.54) is 22.3 Å². The van der Waals surface area contributed by atoms with Crippen molar-refractivity contribution in [2.24, 2.45) is 0 Å². The van der Waals surface area contributed by atoms with Gasteiger partial charge in [0.25, 0.3) is 5.91 Å². The van der Waals surface area contributed by atoms with E-state index in [0.29, 0.717) is 31.1 Å². The Morgan fingerprint density at radius 2 is 1.83 bits per heavy atom. The van der Waals surface area contributed by atoms with Crippen LogP contribution in [-0.4, -0.2) is 47.5 Å². The van der Waals surface area contributed by atoms with E-state index in [-0.39, 0.29) is 18.1 Å². The van der Waals surface area contributed by atoms with E-state index < -0.39 is 0 Å². The highest BCUT2D eigenvalue weighted by molar-refractivity contribution is 6.30. The molecular formula is C35H37ClN4O2. The lowest BCUT2D eigenvalue weighted by Gasteiger charge is -2.30. The van der Waals surface area contributed by atoms with Crippen molar-refractivity contribution in [2.75, 3.05) is 31.6 Å². The molecule has 2 atom stereocenters. The molecule has 1 saturated heterocycles. The number of ether oxygens (including phenoxy) is 1. The second kappa shape index (κ2) is 12.6. The van der Waals surface area contributed by atoms with Crippen molar-refractivity contribution in [3.05, 3.63) is 123 Å². The average molecular weight is 581 g/mol. The zero-order chi connectivity index (χ0) is 29.1. The first-order valence-corrected chi connectivity index (χ1v) is 15.2. The number of likely N-dealkylation sites (N-methyl/N-ethyl adjacent to an activating group) is 1. The molecule has 1 amide bonds. The van der Waals surface area contributed by atoms with Crippen LogP contribution in [0.1, 0.15) is 68.9 Å². The molecule has 6 nitrogen and oxygen atoms in total. The molecule has 0 radical (unpaired) electrons. The molecule has 7 heteroatoms.